The molecule has 0 bridgehead atoms. The van der Waals surface area contributed by atoms with Crippen LogP contribution in [0.1, 0.15) is 12.0 Å². The van der Waals surface area contributed by atoms with Crippen molar-refractivity contribution in [1.82, 2.24) is 10.2 Å². The van der Waals surface area contributed by atoms with Crippen LogP contribution < -0.4 is 10.2 Å². The van der Waals surface area contributed by atoms with E-state index in [2.05, 4.69) is 15.1 Å². The standard InChI is InChI=1S/C20H24FN3O/c21-18-6-8-19(9-7-18)24-14-12-23(13-15-24)11-10-20(25)22-16-17-4-2-1-3-5-17/h1-9H,10-16H2,(H,22,25). The maximum absolute atomic E-state index is 13.0. The van der Waals surface area contributed by atoms with Crippen LogP contribution in [0.5, 0.6) is 0 Å². The first-order valence-electron chi connectivity index (χ1n) is 8.74. The maximum Gasteiger partial charge on any atom is 0.221 e. The van der Waals surface area contributed by atoms with Gasteiger partial charge in [0.25, 0.3) is 0 Å². The van der Waals surface area contributed by atoms with Crippen molar-refractivity contribution in [2.45, 2.75) is 13.0 Å². The Morgan fingerprint density at radius 1 is 0.960 bits per heavy atom. The van der Waals surface area contributed by atoms with Crippen LogP contribution in [0, 0.1) is 5.82 Å². The Morgan fingerprint density at radius 2 is 1.64 bits per heavy atom. The van der Waals surface area contributed by atoms with Gasteiger partial charge in [0.05, 0.1) is 0 Å². The average Bonchev–Trinajstić information content (AvgIpc) is 2.67. The molecular weight excluding hydrogens is 317 g/mol. The Morgan fingerprint density at radius 3 is 2.32 bits per heavy atom. The molecular formula is C20H24FN3O. The molecule has 0 aliphatic carbocycles. The fourth-order valence-electron chi connectivity index (χ4n) is 3.03. The third kappa shape index (κ3) is 5.29. The van der Waals surface area contributed by atoms with E-state index in [9.17, 15) is 9.18 Å². The minimum atomic E-state index is -0.205. The van der Waals surface area contributed by atoms with Crippen molar-refractivity contribution < 1.29 is 9.18 Å². The highest BCUT2D eigenvalue weighted by Gasteiger charge is 2.17. The van der Waals surface area contributed by atoms with Crippen molar-refractivity contribution in [3.05, 3.63) is 66.0 Å². The molecule has 1 saturated heterocycles. The van der Waals surface area contributed by atoms with Gasteiger partial charge in [-0.05, 0) is 29.8 Å². The Balaban J connectivity index is 1.36. The first-order valence-corrected chi connectivity index (χ1v) is 8.74. The van der Waals surface area contributed by atoms with Gasteiger partial charge < -0.3 is 10.2 Å². The molecule has 1 aliphatic heterocycles. The summed E-state index contributed by atoms with van der Waals surface area (Å²) in [5.41, 5.74) is 2.17. The van der Waals surface area contributed by atoms with E-state index in [0.29, 0.717) is 13.0 Å². The number of anilines is 1. The normalized spacial score (nSPS) is 15.2. The highest BCUT2D eigenvalue weighted by atomic mass is 19.1. The molecule has 1 amide bonds. The Hall–Kier alpha value is -2.40. The molecule has 5 heteroatoms. The minimum Gasteiger partial charge on any atom is -0.369 e. The summed E-state index contributed by atoms with van der Waals surface area (Å²) in [5, 5.41) is 2.97. The number of halogens is 1. The summed E-state index contributed by atoms with van der Waals surface area (Å²) >= 11 is 0. The van der Waals surface area contributed by atoms with Gasteiger partial charge in [0.15, 0.2) is 0 Å². The predicted molar refractivity (Wildman–Crippen MR) is 98.0 cm³/mol. The third-order valence-corrected chi connectivity index (χ3v) is 4.55. The fourth-order valence-corrected chi connectivity index (χ4v) is 3.03. The second-order valence-electron chi connectivity index (χ2n) is 6.32. The Kier molecular flexibility index (Phi) is 6.01. The van der Waals surface area contributed by atoms with E-state index in [4.69, 9.17) is 0 Å². The highest BCUT2D eigenvalue weighted by molar-refractivity contribution is 5.76. The summed E-state index contributed by atoms with van der Waals surface area (Å²) < 4.78 is 13.0. The number of amides is 1. The average molecular weight is 341 g/mol. The van der Waals surface area contributed by atoms with Crippen LogP contribution in [0.15, 0.2) is 54.6 Å². The van der Waals surface area contributed by atoms with Gasteiger partial charge >= 0.3 is 0 Å². The number of benzene rings is 2. The van der Waals surface area contributed by atoms with Crippen LogP contribution in [0.25, 0.3) is 0 Å². The molecule has 1 fully saturated rings. The van der Waals surface area contributed by atoms with E-state index in [1.165, 1.54) is 12.1 Å². The molecule has 1 N–H and O–H groups in total. The first-order chi connectivity index (χ1) is 12.2. The van der Waals surface area contributed by atoms with Crippen molar-refractivity contribution in [3.8, 4) is 0 Å². The molecule has 0 atom stereocenters. The van der Waals surface area contributed by atoms with Crippen LogP contribution in [0.2, 0.25) is 0 Å². The summed E-state index contributed by atoms with van der Waals surface area (Å²) in [4.78, 5) is 16.6. The van der Waals surface area contributed by atoms with Gasteiger partial charge in [-0.15, -0.1) is 0 Å². The van der Waals surface area contributed by atoms with Gasteiger partial charge in [-0.2, -0.15) is 0 Å². The van der Waals surface area contributed by atoms with Crippen molar-refractivity contribution in [1.29, 1.82) is 0 Å². The first kappa shape index (κ1) is 17.4. The highest BCUT2D eigenvalue weighted by Crippen LogP contribution is 2.16. The summed E-state index contributed by atoms with van der Waals surface area (Å²) in [7, 11) is 0. The number of rotatable bonds is 6. The molecule has 2 aromatic carbocycles. The fraction of sp³-hybridized carbons (Fsp3) is 0.350. The molecule has 0 spiro atoms. The quantitative estimate of drug-likeness (QED) is 0.877. The second-order valence-corrected chi connectivity index (χ2v) is 6.32. The molecule has 132 valence electrons. The van der Waals surface area contributed by atoms with E-state index in [1.807, 2.05) is 42.5 Å². The largest absolute Gasteiger partial charge is 0.369 e. The summed E-state index contributed by atoms with van der Waals surface area (Å²) in [6.45, 7) is 5.00. The van der Waals surface area contributed by atoms with Crippen LogP contribution >= 0.6 is 0 Å². The molecule has 0 aromatic heterocycles. The molecule has 3 rings (SSSR count). The SMILES string of the molecule is O=C(CCN1CCN(c2ccc(F)cc2)CC1)NCc1ccccc1. The number of hydrogen-bond donors (Lipinski definition) is 1. The molecule has 1 heterocycles. The monoisotopic (exact) mass is 341 g/mol. The molecule has 0 radical (unpaired) electrons. The zero-order valence-electron chi connectivity index (χ0n) is 14.3. The zero-order valence-corrected chi connectivity index (χ0v) is 14.3. The van der Waals surface area contributed by atoms with E-state index in [1.54, 1.807) is 0 Å². The van der Waals surface area contributed by atoms with Crippen LogP contribution in [-0.4, -0.2) is 43.5 Å². The molecule has 0 unspecified atom stereocenters. The molecule has 1 aliphatic rings. The molecule has 2 aromatic rings. The van der Waals surface area contributed by atoms with Crippen LogP contribution in [0.4, 0.5) is 10.1 Å². The van der Waals surface area contributed by atoms with Gasteiger partial charge in [-0.3, -0.25) is 9.69 Å². The predicted octanol–water partition coefficient (Wildman–Crippen LogP) is 2.65. The lowest BCUT2D eigenvalue weighted by molar-refractivity contribution is -0.121. The molecule has 25 heavy (non-hydrogen) atoms. The number of nitrogens with zero attached hydrogens (tertiary/aromatic N) is 2. The maximum atomic E-state index is 13.0. The van der Waals surface area contributed by atoms with Gasteiger partial charge in [0.1, 0.15) is 5.82 Å². The molecule has 0 saturated carbocycles. The molecule has 4 nitrogen and oxygen atoms in total. The minimum absolute atomic E-state index is 0.0878. The smallest absolute Gasteiger partial charge is 0.221 e. The van der Waals surface area contributed by atoms with Crippen LogP contribution in [-0.2, 0) is 11.3 Å². The zero-order chi connectivity index (χ0) is 17.5. The number of hydrogen-bond acceptors (Lipinski definition) is 3. The van der Waals surface area contributed by atoms with Crippen molar-refractivity contribution in [2.75, 3.05) is 37.6 Å². The van der Waals surface area contributed by atoms with Crippen molar-refractivity contribution in [2.24, 2.45) is 0 Å². The van der Waals surface area contributed by atoms with E-state index in [-0.39, 0.29) is 11.7 Å². The number of carbonyl (C=O) groups is 1. The lowest BCUT2D eigenvalue weighted by Crippen LogP contribution is -2.47. The van der Waals surface area contributed by atoms with E-state index >= 15 is 0 Å². The van der Waals surface area contributed by atoms with Crippen molar-refractivity contribution in [3.63, 3.8) is 0 Å². The van der Waals surface area contributed by atoms with E-state index < -0.39 is 0 Å². The lowest BCUT2D eigenvalue weighted by Gasteiger charge is -2.36. The summed E-state index contributed by atoms with van der Waals surface area (Å²) in [6.07, 6.45) is 0.517. The van der Waals surface area contributed by atoms with Crippen molar-refractivity contribution >= 4 is 11.6 Å². The van der Waals surface area contributed by atoms with Gasteiger partial charge in [-0.25, -0.2) is 4.39 Å². The lowest BCUT2D eigenvalue weighted by atomic mass is 10.2. The number of carbonyl (C=O) groups excluding carboxylic acids is 1. The Labute approximate surface area is 148 Å². The van der Waals surface area contributed by atoms with Gasteiger partial charge in [-0.1, -0.05) is 30.3 Å². The Bertz CT molecular complexity index is 667. The second kappa shape index (κ2) is 8.62. The topological polar surface area (TPSA) is 35.6 Å². The summed E-state index contributed by atoms with van der Waals surface area (Å²) in [6, 6.07) is 16.6. The third-order valence-electron chi connectivity index (χ3n) is 4.55. The number of nitrogens with one attached hydrogen (secondary N) is 1. The summed E-state index contributed by atoms with van der Waals surface area (Å²) in [5.74, 6) is -0.117. The van der Waals surface area contributed by atoms with E-state index in [0.717, 1.165) is 44.0 Å². The van der Waals surface area contributed by atoms with Gasteiger partial charge in [0, 0.05) is 51.4 Å². The van der Waals surface area contributed by atoms with Gasteiger partial charge in [0.2, 0.25) is 5.91 Å². The van der Waals surface area contributed by atoms with Crippen LogP contribution in [0.3, 0.4) is 0 Å². The number of piperazine rings is 1.